The molecule has 0 amide bonds. The lowest BCUT2D eigenvalue weighted by molar-refractivity contribution is 0.173. The van der Waals surface area contributed by atoms with Crippen LogP contribution >= 0.6 is 0 Å². The summed E-state index contributed by atoms with van der Waals surface area (Å²) in [6.45, 7) is 6.04. The predicted octanol–water partition coefficient (Wildman–Crippen LogP) is 3.88. The lowest BCUT2D eigenvalue weighted by atomic mass is 10.1. The first-order valence-corrected chi connectivity index (χ1v) is 7.82. The molecule has 1 heterocycles. The number of imidazole rings is 1. The van der Waals surface area contributed by atoms with Crippen molar-refractivity contribution < 1.29 is 9.47 Å². The van der Waals surface area contributed by atoms with Crippen LogP contribution in [0.2, 0.25) is 0 Å². The third kappa shape index (κ3) is 3.37. The van der Waals surface area contributed by atoms with Crippen molar-refractivity contribution >= 4 is 11.0 Å². The largest absolute Gasteiger partial charge is 0.492 e. The van der Waals surface area contributed by atoms with E-state index in [0.717, 1.165) is 29.2 Å². The molecule has 0 bridgehead atoms. The predicted molar refractivity (Wildman–Crippen MR) is 91.9 cm³/mol. The van der Waals surface area contributed by atoms with Gasteiger partial charge in [0.05, 0.1) is 17.6 Å². The molecule has 4 nitrogen and oxygen atoms in total. The van der Waals surface area contributed by atoms with Gasteiger partial charge in [-0.15, -0.1) is 0 Å². The number of hydrogen-bond donors (Lipinski definition) is 0. The summed E-state index contributed by atoms with van der Waals surface area (Å²) in [7, 11) is 1.69. The van der Waals surface area contributed by atoms with E-state index in [9.17, 15) is 0 Å². The topological polar surface area (TPSA) is 36.3 Å². The summed E-state index contributed by atoms with van der Waals surface area (Å²) in [5.41, 5.74) is 4.63. The van der Waals surface area contributed by atoms with Gasteiger partial charge in [-0.3, -0.25) is 0 Å². The molecule has 0 saturated carbocycles. The highest BCUT2D eigenvalue weighted by Crippen LogP contribution is 2.18. The molecule has 0 saturated heterocycles. The monoisotopic (exact) mass is 310 g/mol. The van der Waals surface area contributed by atoms with Gasteiger partial charge in [0.15, 0.2) is 0 Å². The van der Waals surface area contributed by atoms with E-state index in [-0.39, 0.29) is 0 Å². The molecule has 2 aromatic carbocycles. The minimum absolute atomic E-state index is 0.498. The zero-order valence-corrected chi connectivity index (χ0v) is 13.9. The van der Waals surface area contributed by atoms with Crippen molar-refractivity contribution in [2.24, 2.45) is 0 Å². The van der Waals surface area contributed by atoms with Gasteiger partial charge < -0.3 is 14.0 Å². The minimum Gasteiger partial charge on any atom is -0.492 e. The highest BCUT2D eigenvalue weighted by atomic mass is 16.5. The molecule has 0 aliphatic rings. The lowest BCUT2D eigenvalue weighted by Crippen LogP contribution is -2.11. The van der Waals surface area contributed by atoms with E-state index in [0.29, 0.717) is 13.2 Å². The number of aromatic nitrogens is 2. The van der Waals surface area contributed by atoms with Crippen molar-refractivity contribution in [3.63, 3.8) is 0 Å². The van der Waals surface area contributed by atoms with Crippen molar-refractivity contribution in [3.05, 3.63) is 59.4 Å². The van der Waals surface area contributed by atoms with Crippen LogP contribution in [0.25, 0.3) is 11.0 Å². The molecular weight excluding hydrogens is 288 g/mol. The first kappa shape index (κ1) is 15.6. The van der Waals surface area contributed by atoms with Crippen molar-refractivity contribution in [1.29, 1.82) is 0 Å². The molecule has 1 aromatic heterocycles. The smallest absolute Gasteiger partial charge is 0.136 e. The highest BCUT2D eigenvalue weighted by molar-refractivity contribution is 5.75. The highest BCUT2D eigenvalue weighted by Gasteiger charge is 2.10. The Hall–Kier alpha value is -2.33. The van der Waals surface area contributed by atoms with E-state index in [1.165, 1.54) is 11.1 Å². The van der Waals surface area contributed by atoms with Gasteiger partial charge in [-0.25, -0.2) is 4.98 Å². The van der Waals surface area contributed by atoms with Crippen molar-refractivity contribution in [1.82, 2.24) is 9.55 Å². The van der Waals surface area contributed by atoms with Crippen LogP contribution < -0.4 is 4.74 Å². The summed E-state index contributed by atoms with van der Waals surface area (Å²) >= 11 is 0. The number of benzene rings is 2. The lowest BCUT2D eigenvalue weighted by Gasteiger charge is -2.11. The fraction of sp³-hybridized carbons (Fsp3) is 0.316. The van der Waals surface area contributed by atoms with Gasteiger partial charge in [-0.1, -0.05) is 18.2 Å². The zero-order valence-electron chi connectivity index (χ0n) is 13.9. The maximum absolute atomic E-state index is 5.91. The van der Waals surface area contributed by atoms with E-state index in [2.05, 4.69) is 41.6 Å². The summed E-state index contributed by atoms with van der Waals surface area (Å²) in [6, 6.07) is 14.3. The Morgan fingerprint density at radius 2 is 1.87 bits per heavy atom. The first-order chi connectivity index (χ1) is 11.2. The van der Waals surface area contributed by atoms with Crippen LogP contribution in [0.3, 0.4) is 0 Å². The second-order valence-corrected chi connectivity index (χ2v) is 5.70. The Morgan fingerprint density at radius 3 is 2.65 bits per heavy atom. The summed E-state index contributed by atoms with van der Waals surface area (Å²) in [5, 5.41) is 0. The molecule has 0 aliphatic heterocycles. The van der Waals surface area contributed by atoms with Gasteiger partial charge in [0, 0.05) is 7.11 Å². The van der Waals surface area contributed by atoms with Gasteiger partial charge in [0.2, 0.25) is 0 Å². The Balaban J connectivity index is 1.75. The minimum atomic E-state index is 0.498. The van der Waals surface area contributed by atoms with E-state index in [4.69, 9.17) is 9.47 Å². The maximum atomic E-state index is 5.91. The van der Waals surface area contributed by atoms with Gasteiger partial charge in [-0.05, 0) is 49.2 Å². The Bertz CT molecular complexity index is 808. The van der Waals surface area contributed by atoms with Crippen LogP contribution in [-0.2, 0) is 17.9 Å². The van der Waals surface area contributed by atoms with E-state index >= 15 is 0 Å². The fourth-order valence-corrected chi connectivity index (χ4v) is 2.67. The molecule has 3 rings (SSSR count). The molecule has 0 atom stereocenters. The molecule has 4 heteroatoms. The van der Waals surface area contributed by atoms with Gasteiger partial charge in [0.1, 0.15) is 24.8 Å². The van der Waals surface area contributed by atoms with Crippen molar-refractivity contribution in [2.45, 2.75) is 27.0 Å². The normalized spacial score (nSPS) is 11.1. The third-order valence-corrected chi connectivity index (χ3v) is 4.07. The first-order valence-electron chi connectivity index (χ1n) is 7.82. The third-order valence-electron chi connectivity index (χ3n) is 4.07. The Morgan fingerprint density at radius 1 is 1.04 bits per heavy atom. The summed E-state index contributed by atoms with van der Waals surface area (Å²) in [5.74, 6) is 1.84. The average molecular weight is 310 g/mol. The Kier molecular flexibility index (Phi) is 4.63. The van der Waals surface area contributed by atoms with Crippen LogP contribution in [0.5, 0.6) is 5.75 Å². The summed E-state index contributed by atoms with van der Waals surface area (Å²) in [4.78, 5) is 4.64. The molecule has 120 valence electrons. The van der Waals surface area contributed by atoms with Crippen LogP contribution in [0.15, 0.2) is 42.5 Å². The standard InChI is InChI=1S/C19H22N2O2/c1-14-8-9-16(12-15(14)2)23-11-10-21-18-7-5-4-6-17(18)20-19(21)13-22-3/h4-9,12H,10-11,13H2,1-3H3. The molecule has 0 N–H and O–H groups in total. The number of hydrogen-bond acceptors (Lipinski definition) is 3. The molecule has 0 radical (unpaired) electrons. The second-order valence-electron chi connectivity index (χ2n) is 5.70. The number of methoxy groups -OCH3 is 1. The number of para-hydroxylation sites is 2. The molecule has 23 heavy (non-hydrogen) atoms. The number of fused-ring (bicyclic) bond motifs is 1. The quantitative estimate of drug-likeness (QED) is 0.693. The average Bonchev–Trinajstić information content (AvgIpc) is 2.89. The molecule has 0 spiro atoms. The van der Waals surface area contributed by atoms with E-state index in [1.54, 1.807) is 7.11 Å². The number of rotatable bonds is 6. The fourth-order valence-electron chi connectivity index (χ4n) is 2.67. The van der Waals surface area contributed by atoms with Gasteiger partial charge >= 0.3 is 0 Å². The zero-order chi connectivity index (χ0) is 16.2. The molecule has 3 aromatic rings. The maximum Gasteiger partial charge on any atom is 0.136 e. The Labute approximate surface area is 136 Å². The molecular formula is C19H22N2O2. The van der Waals surface area contributed by atoms with Crippen LogP contribution in [0, 0.1) is 13.8 Å². The summed E-state index contributed by atoms with van der Waals surface area (Å²) in [6.07, 6.45) is 0. The second kappa shape index (κ2) is 6.84. The number of nitrogens with zero attached hydrogens (tertiary/aromatic N) is 2. The van der Waals surface area contributed by atoms with Gasteiger partial charge in [-0.2, -0.15) is 0 Å². The number of aryl methyl sites for hydroxylation is 2. The van der Waals surface area contributed by atoms with Crippen LogP contribution in [0.1, 0.15) is 17.0 Å². The van der Waals surface area contributed by atoms with Gasteiger partial charge in [0.25, 0.3) is 0 Å². The van der Waals surface area contributed by atoms with E-state index < -0.39 is 0 Å². The molecule has 0 aliphatic carbocycles. The SMILES string of the molecule is COCc1nc2ccccc2n1CCOc1ccc(C)c(C)c1. The van der Waals surface area contributed by atoms with Crippen LogP contribution in [0.4, 0.5) is 0 Å². The number of ether oxygens (including phenoxy) is 2. The summed E-state index contributed by atoms with van der Waals surface area (Å²) < 4.78 is 13.3. The van der Waals surface area contributed by atoms with Crippen LogP contribution in [-0.4, -0.2) is 23.3 Å². The van der Waals surface area contributed by atoms with Crippen molar-refractivity contribution in [2.75, 3.05) is 13.7 Å². The molecule has 0 fully saturated rings. The molecule has 0 unspecified atom stereocenters. The van der Waals surface area contributed by atoms with Crippen molar-refractivity contribution in [3.8, 4) is 5.75 Å². The van der Waals surface area contributed by atoms with E-state index in [1.807, 2.05) is 24.3 Å².